The summed E-state index contributed by atoms with van der Waals surface area (Å²) in [5.74, 6) is -0.00962. The molecule has 2 heterocycles. The largest absolute Gasteiger partial charge is 0.366 e. The molecule has 1 aromatic heterocycles. The van der Waals surface area contributed by atoms with E-state index in [1.165, 1.54) is 12.1 Å². The van der Waals surface area contributed by atoms with Crippen molar-refractivity contribution in [2.75, 3.05) is 5.32 Å². The van der Waals surface area contributed by atoms with E-state index in [1.807, 2.05) is 12.1 Å². The Morgan fingerprint density at radius 1 is 1.19 bits per heavy atom. The van der Waals surface area contributed by atoms with E-state index >= 15 is 0 Å². The molecule has 6 nitrogen and oxygen atoms in total. The normalized spacial score (nSPS) is 16.0. The Morgan fingerprint density at radius 2 is 1.85 bits per heavy atom. The second kappa shape index (κ2) is 6.51. The minimum atomic E-state index is -0.551. The minimum Gasteiger partial charge on any atom is -0.366 e. The molecule has 136 valence electrons. The third kappa shape index (κ3) is 3.06. The van der Waals surface area contributed by atoms with Crippen LogP contribution in [0.2, 0.25) is 5.02 Å². The standard InChI is InChI=1S/C19H15ClFN5O/c1-10-15(17(22)27)16(11-2-6-13(20)7-3-11)26-19(23-10)24-18(25-26)12-4-8-14(21)9-5-12/h2-9,16H,1H3,(H2,22,27)(H,23,24,25)/t16-/m1/s1. The number of nitrogens with two attached hydrogens (primary N) is 1. The third-order valence-electron chi connectivity index (χ3n) is 4.41. The number of hydrogen-bond donors (Lipinski definition) is 2. The summed E-state index contributed by atoms with van der Waals surface area (Å²) in [6.45, 7) is 1.76. The number of anilines is 1. The van der Waals surface area contributed by atoms with E-state index in [-0.39, 0.29) is 5.82 Å². The van der Waals surface area contributed by atoms with Gasteiger partial charge in [-0.05, 0) is 48.9 Å². The topological polar surface area (TPSA) is 85.8 Å². The number of carbonyl (C=O) groups excluding carboxylic acids is 1. The van der Waals surface area contributed by atoms with Crippen LogP contribution < -0.4 is 11.1 Å². The molecule has 0 aliphatic carbocycles. The highest BCUT2D eigenvalue weighted by molar-refractivity contribution is 6.30. The summed E-state index contributed by atoms with van der Waals surface area (Å²) >= 11 is 5.99. The molecule has 0 saturated heterocycles. The van der Waals surface area contributed by atoms with Crippen LogP contribution in [0.4, 0.5) is 10.3 Å². The van der Waals surface area contributed by atoms with E-state index in [9.17, 15) is 9.18 Å². The van der Waals surface area contributed by atoms with Crippen LogP contribution in [0.25, 0.3) is 11.4 Å². The molecule has 27 heavy (non-hydrogen) atoms. The second-order valence-electron chi connectivity index (χ2n) is 6.19. The van der Waals surface area contributed by atoms with Crippen molar-refractivity contribution in [3.8, 4) is 11.4 Å². The summed E-state index contributed by atoms with van der Waals surface area (Å²) in [5.41, 5.74) is 8.09. The first kappa shape index (κ1) is 17.2. The van der Waals surface area contributed by atoms with Crippen molar-refractivity contribution >= 4 is 23.5 Å². The van der Waals surface area contributed by atoms with Crippen molar-refractivity contribution in [1.29, 1.82) is 0 Å². The van der Waals surface area contributed by atoms with E-state index in [1.54, 1.807) is 35.9 Å². The Morgan fingerprint density at radius 3 is 2.48 bits per heavy atom. The Balaban J connectivity index is 1.87. The Kier molecular flexibility index (Phi) is 4.16. The Hall–Kier alpha value is -3.19. The number of fused-ring (bicyclic) bond motifs is 1. The maximum absolute atomic E-state index is 13.2. The maximum atomic E-state index is 13.2. The quantitative estimate of drug-likeness (QED) is 0.724. The van der Waals surface area contributed by atoms with Crippen LogP contribution in [-0.2, 0) is 4.79 Å². The predicted octanol–water partition coefficient (Wildman–Crippen LogP) is 3.51. The van der Waals surface area contributed by atoms with Crippen LogP contribution in [0.15, 0.2) is 59.8 Å². The highest BCUT2D eigenvalue weighted by atomic mass is 35.5. The van der Waals surface area contributed by atoms with Gasteiger partial charge >= 0.3 is 0 Å². The van der Waals surface area contributed by atoms with Gasteiger partial charge in [-0.15, -0.1) is 5.10 Å². The zero-order valence-electron chi connectivity index (χ0n) is 14.3. The molecule has 0 unspecified atom stereocenters. The SMILES string of the molecule is CC1=C(C(N)=O)[C@@H](c2ccc(Cl)cc2)n2nc(-c3ccc(F)cc3)nc2N1. The van der Waals surface area contributed by atoms with E-state index in [0.717, 1.165) is 5.56 Å². The molecule has 0 radical (unpaired) electrons. The van der Waals surface area contributed by atoms with E-state index in [0.29, 0.717) is 33.6 Å². The highest BCUT2D eigenvalue weighted by Gasteiger charge is 2.33. The van der Waals surface area contributed by atoms with Crippen LogP contribution >= 0.6 is 11.6 Å². The van der Waals surface area contributed by atoms with Gasteiger partial charge in [0.2, 0.25) is 11.9 Å². The molecule has 2 aromatic carbocycles. The molecule has 0 spiro atoms. The molecule has 0 fully saturated rings. The van der Waals surface area contributed by atoms with Crippen LogP contribution in [-0.4, -0.2) is 20.7 Å². The fourth-order valence-corrected chi connectivity index (χ4v) is 3.27. The van der Waals surface area contributed by atoms with Crippen LogP contribution in [0, 0.1) is 5.82 Å². The number of aromatic nitrogens is 3. The second-order valence-corrected chi connectivity index (χ2v) is 6.63. The summed E-state index contributed by atoms with van der Waals surface area (Å²) in [4.78, 5) is 16.6. The number of hydrogen-bond acceptors (Lipinski definition) is 4. The zero-order valence-corrected chi connectivity index (χ0v) is 15.0. The average molecular weight is 384 g/mol. The Bertz CT molecular complexity index is 1060. The number of benzene rings is 2. The molecule has 3 aromatic rings. The predicted molar refractivity (Wildman–Crippen MR) is 101 cm³/mol. The molecular formula is C19H15ClFN5O. The monoisotopic (exact) mass is 383 g/mol. The highest BCUT2D eigenvalue weighted by Crippen LogP contribution is 2.36. The molecule has 1 aliphatic rings. The summed E-state index contributed by atoms with van der Waals surface area (Å²) < 4.78 is 14.8. The molecule has 0 bridgehead atoms. The molecule has 1 atom stereocenters. The van der Waals surface area contributed by atoms with Crippen molar-refractivity contribution in [2.45, 2.75) is 13.0 Å². The van der Waals surface area contributed by atoms with Crippen LogP contribution in [0.1, 0.15) is 18.5 Å². The lowest BCUT2D eigenvalue weighted by molar-refractivity contribution is -0.115. The van der Waals surface area contributed by atoms with E-state index in [4.69, 9.17) is 17.3 Å². The smallest absolute Gasteiger partial charge is 0.248 e. The molecule has 3 N–H and O–H groups in total. The number of rotatable bonds is 3. The van der Waals surface area contributed by atoms with E-state index in [2.05, 4.69) is 15.4 Å². The Labute approximate surface area is 159 Å². The number of allylic oxidation sites excluding steroid dienone is 1. The number of primary amides is 1. The summed E-state index contributed by atoms with van der Waals surface area (Å²) in [6, 6.07) is 12.5. The van der Waals surface area contributed by atoms with Gasteiger partial charge in [0, 0.05) is 16.3 Å². The lowest BCUT2D eigenvalue weighted by atomic mass is 9.95. The van der Waals surface area contributed by atoms with Crippen LogP contribution in [0.3, 0.4) is 0 Å². The number of halogens is 2. The van der Waals surface area contributed by atoms with Gasteiger partial charge in [-0.2, -0.15) is 4.98 Å². The fraction of sp³-hybridized carbons (Fsp3) is 0.105. The fourth-order valence-electron chi connectivity index (χ4n) is 3.14. The van der Waals surface area contributed by atoms with Crippen molar-refractivity contribution in [3.05, 3.63) is 76.2 Å². The first-order chi connectivity index (χ1) is 12.9. The number of carbonyl (C=O) groups is 1. The van der Waals surface area contributed by atoms with Gasteiger partial charge in [-0.3, -0.25) is 4.79 Å². The van der Waals surface area contributed by atoms with Gasteiger partial charge in [0.05, 0.1) is 5.57 Å². The lowest BCUT2D eigenvalue weighted by Crippen LogP contribution is -2.31. The molecule has 4 rings (SSSR count). The first-order valence-corrected chi connectivity index (χ1v) is 8.57. The molecule has 1 aliphatic heterocycles. The summed E-state index contributed by atoms with van der Waals surface area (Å²) in [5, 5.41) is 8.20. The molecule has 1 amide bonds. The van der Waals surface area contributed by atoms with E-state index < -0.39 is 11.9 Å². The zero-order chi connectivity index (χ0) is 19.1. The van der Waals surface area contributed by atoms with Crippen molar-refractivity contribution in [1.82, 2.24) is 14.8 Å². The van der Waals surface area contributed by atoms with Gasteiger partial charge in [-0.25, -0.2) is 9.07 Å². The van der Waals surface area contributed by atoms with Crippen LogP contribution in [0.5, 0.6) is 0 Å². The number of amides is 1. The third-order valence-corrected chi connectivity index (χ3v) is 4.66. The molecular weight excluding hydrogens is 369 g/mol. The van der Waals surface area contributed by atoms with Gasteiger partial charge in [-0.1, -0.05) is 23.7 Å². The first-order valence-electron chi connectivity index (χ1n) is 8.19. The number of nitrogens with zero attached hydrogens (tertiary/aromatic N) is 3. The molecule has 0 saturated carbocycles. The minimum absolute atomic E-state index is 0.339. The van der Waals surface area contributed by atoms with Crippen molar-refractivity contribution in [2.24, 2.45) is 5.73 Å². The maximum Gasteiger partial charge on any atom is 0.248 e. The van der Waals surface area contributed by atoms with Crippen molar-refractivity contribution < 1.29 is 9.18 Å². The van der Waals surface area contributed by atoms with Gasteiger partial charge < -0.3 is 11.1 Å². The van der Waals surface area contributed by atoms with Gasteiger partial charge in [0.25, 0.3) is 0 Å². The van der Waals surface area contributed by atoms with Gasteiger partial charge in [0.15, 0.2) is 5.82 Å². The van der Waals surface area contributed by atoms with Gasteiger partial charge in [0.1, 0.15) is 11.9 Å². The lowest BCUT2D eigenvalue weighted by Gasteiger charge is -2.27. The molecule has 8 heteroatoms. The van der Waals surface area contributed by atoms with Crippen molar-refractivity contribution in [3.63, 3.8) is 0 Å². The summed E-state index contributed by atoms with van der Waals surface area (Å²) in [6.07, 6.45) is 0. The number of nitrogens with one attached hydrogen (secondary N) is 1. The summed E-state index contributed by atoms with van der Waals surface area (Å²) in [7, 11) is 0. The average Bonchev–Trinajstić information content (AvgIpc) is 3.05.